The molecule has 1 aliphatic heterocycles. The largest absolute Gasteiger partial charge is 0.298 e. The third kappa shape index (κ3) is 2.03. The van der Waals surface area contributed by atoms with Crippen LogP contribution in [0.3, 0.4) is 0 Å². The normalized spacial score (nSPS) is 24.9. The molecule has 1 saturated carbocycles. The second-order valence-electron chi connectivity index (χ2n) is 8.15. The molecule has 1 nitrogen and oxygen atoms in total. The molecule has 4 rings (SSSR count). The van der Waals surface area contributed by atoms with Crippen molar-refractivity contribution in [3.63, 3.8) is 0 Å². The van der Waals surface area contributed by atoms with E-state index in [0.29, 0.717) is 5.78 Å². The number of hydrogen-bond acceptors (Lipinski definition) is 3. The molecule has 0 N–H and O–H groups in total. The Morgan fingerprint density at radius 1 is 0.760 bits per heavy atom. The van der Waals surface area contributed by atoms with Crippen molar-refractivity contribution in [2.75, 3.05) is 5.75 Å². The lowest BCUT2D eigenvalue weighted by Gasteiger charge is -2.63. The summed E-state index contributed by atoms with van der Waals surface area (Å²) in [7, 11) is 0. The van der Waals surface area contributed by atoms with E-state index in [1.807, 2.05) is 23.5 Å². The lowest BCUT2D eigenvalue weighted by molar-refractivity contribution is -0.157. The van der Waals surface area contributed by atoms with Gasteiger partial charge in [0, 0.05) is 16.6 Å². The number of benzene rings is 2. The van der Waals surface area contributed by atoms with Gasteiger partial charge in [0.1, 0.15) is 9.86 Å². The van der Waals surface area contributed by atoms with Crippen molar-refractivity contribution >= 4 is 29.3 Å². The van der Waals surface area contributed by atoms with Crippen LogP contribution >= 0.6 is 23.5 Å². The third-order valence-electron chi connectivity index (χ3n) is 6.26. The Balaban J connectivity index is 1.88. The van der Waals surface area contributed by atoms with Gasteiger partial charge in [0.25, 0.3) is 0 Å². The van der Waals surface area contributed by atoms with Gasteiger partial charge in [-0.25, -0.2) is 0 Å². The van der Waals surface area contributed by atoms with Gasteiger partial charge in [0.05, 0.1) is 4.75 Å². The summed E-state index contributed by atoms with van der Waals surface area (Å²) in [6.07, 6.45) is 0. The number of ketones is 1. The van der Waals surface area contributed by atoms with Crippen LogP contribution in [0.5, 0.6) is 0 Å². The van der Waals surface area contributed by atoms with E-state index in [2.05, 4.69) is 88.4 Å². The fourth-order valence-corrected chi connectivity index (χ4v) is 9.44. The average Bonchev–Trinajstić information content (AvgIpc) is 3.07. The Morgan fingerprint density at radius 2 is 1.20 bits per heavy atom. The monoisotopic (exact) mass is 368 g/mol. The molecule has 0 radical (unpaired) electrons. The lowest BCUT2D eigenvalue weighted by atomic mass is 9.47. The van der Waals surface area contributed by atoms with Gasteiger partial charge in [-0.3, -0.25) is 4.79 Å². The van der Waals surface area contributed by atoms with Crippen molar-refractivity contribution in [2.45, 2.75) is 36.5 Å². The van der Waals surface area contributed by atoms with E-state index in [0.717, 1.165) is 5.75 Å². The van der Waals surface area contributed by atoms with Crippen molar-refractivity contribution in [1.29, 1.82) is 0 Å². The predicted octanol–water partition coefficient (Wildman–Crippen LogP) is 5.74. The second kappa shape index (κ2) is 5.40. The van der Waals surface area contributed by atoms with Crippen LogP contribution in [0.4, 0.5) is 0 Å². The number of hydrogen-bond donors (Lipinski definition) is 0. The van der Waals surface area contributed by atoms with Gasteiger partial charge in [-0.2, -0.15) is 0 Å². The van der Waals surface area contributed by atoms with E-state index in [4.69, 9.17) is 0 Å². The van der Waals surface area contributed by atoms with E-state index in [1.165, 1.54) is 11.1 Å². The predicted molar refractivity (Wildman–Crippen MR) is 109 cm³/mol. The van der Waals surface area contributed by atoms with Gasteiger partial charge < -0.3 is 0 Å². The van der Waals surface area contributed by atoms with Crippen molar-refractivity contribution in [3.8, 4) is 0 Å². The smallest absolute Gasteiger partial charge is 0.146 e. The van der Waals surface area contributed by atoms with Crippen molar-refractivity contribution in [3.05, 3.63) is 71.8 Å². The standard InChI is InChI=1S/C22H24OS2/c1-19(2)18(23)20(3,4)21(19)15-24-22(25-21,16-11-7-5-8-12-16)17-13-9-6-10-14-17/h5-14H,15H2,1-4H3. The minimum Gasteiger partial charge on any atom is -0.298 e. The van der Waals surface area contributed by atoms with Gasteiger partial charge in [-0.15, -0.1) is 23.5 Å². The number of rotatable bonds is 2. The highest BCUT2D eigenvalue weighted by molar-refractivity contribution is 8.21. The minimum absolute atomic E-state index is 0.0482. The maximum absolute atomic E-state index is 12.8. The van der Waals surface area contributed by atoms with Crippen LogP contribution in [0.15, 0.2) is 60.7 Å². The fraction of sp³-hybridized carbons (Fsp3) is 0.409. The molecular formula is C22H24OS2. The summed E-state index contributed by atoms with van der Waals surface area (Å²) in [4.78, 5) is 12.8. The van der Waals surface area contributed by atoms with Gasteiger partial charge in [0.2, 0.25) is 0 Å². The second-order valence-corrected chi connectivity index (χ2v) is 11.1. The van der Waals surface area contributed by atoms with Crippen LogP contribution in [0.25, 0.3) is 0 Å². The van der Waals surface area contributed by atoms with Gasteiger partial charge >= 0.3 is 0 Å². The molecule has 0 aromatic heterocycles. The summed E-state index contributed by atoms with van der Waals surface area (Å²) in [6, 6.07) is 21.5. The van der Waals surface area contributed by atoms with Crippen molar-refractivity contribution in [1.82, 2.24) is 0 Å². The minimum atomic E-state index is -0.292. The molecule has 2 aromatic carbocycles. The average molecular weight is 369 g/mol. The Kier molecular flexibility index (Phi) is 3.73. The quantitative estimate of drug-likeness (QED) is 0.672. The summed E-state index contributed by atoms with van der Waals surface area (Å²) in [5.41, 5.74) is 2.05. The maximum atomic E-state index is 12.8. The highest BCUT2D eigenvalue weighted by Crippen LogP contribution is 2.77. The molecule has 0 amide bonds. The van der Waals surface area contributed by atoms with Crippen LogP contribution < -0.4 is 0 Å². The molecule has 130 valence electrons. The Hall–Kier alpha value is -1.19. The Labute approximate surface area is 159 Å². The first-order valence-electron chi connectivity index (χ1n) is 8.78. The van der Waals surface area contributed by atoms with Crippen molar-refractivity contribution < 1.29 is 4.79 Å². The zero-order valence-corrected chi connectivity index (χ0v) is 16.8. The highest BCUT2D eigenvalue weighted by atomic mass is 32.2. The first-order chi connectivity index (χ1) is 11.8. The van der Waals surface area contributed by atoms with E-state index in [9.17, 15) is 4.79 Å². The number of carbonyl (C=O) groups is 1. The van der Waals surface area contributed by atoms with Crippen molar-refractivity contribution in [2.24, 2.45) is 10.8 Å². The van der Waals surface area contributed by atoms with Gasteiger partial charge in [-0.05, 0) is 11.1 Å². The highest BCUT2D eigenvalue weighted by Gasteiger charge is 2.76. The molecule has 1 aliphatic carbocycles. The molecule has 0 bridgehead atoms. The SMILES string of the molecule is CC1(C)C(=O)C(C)(C)C12CSC(c1ccccc1)(c1ccccc1)S2. The van der Waals surface area contributed by atoms with Crippen LogP contribution in [-0.2, 0) is 8.87 Å². The van der Waals surface area contributed by atoms with E-state index in [-0.39, 0.29) is 19.7 Å². The molecule has 1 heterocycles. The zero-order chi connectivity index (χ0) is 17.9. The fourth-order valence-electron chi connectivity index (χ4n) is 4.76. The van der Waals surface area contributed by atoms with E-state index >= 15 is 0 Å². The summed E-state index contributed by atoms with van der Waals surface area (Å²) >= 11 is 4.01. The molecule has 2 fully saturated rings. The zero-order valence-electron chi connectivity index (χ0n) is 15.2. The van der Waals surface area contributed by atoms with Crippen LogP contribution in [0.1, 0.15) is 38.8 Å². The Morgan fingerprint density at radius 3 is 1.64 bits per heavy atom. The molecule has 3 heteroatoms. The van der Waals surface area contributed by atoms with E-state index < -0.39 is 0 Å². The maximum Gasteiger partial charge on any atom is 0.146 e. The van der Waals surface area contributed by atoms with Crippen LogP contribution in [0.2, 0.25) is 0 Å². The van der Waals surface area contributed by atoms with Crippen LogP contribution in [-0.4, -0.2) is 16.3 Å². The first-order valence-corrected chi connectivity index (χ1v) is 10.6. The Bertz CT molecular complexity index is 751. The molecule has 1 spiro atoms. The number of carbonyl (C=O) groups excluding carboxylic acids is 1. The molecule has 25 heavy (non-hydrogen) atoms. The first kappa shape index (κ1) is 17.2. The molecule has 0 unspecified atom stereocenters. The van der Waals surface area contributed by atoms with Gasteiger partial charge in [-0.1, -0.05) is 88.4 Å². The van der Waals surface area contributed by atoms with E-state index in [1.54, 1.807) is 0 Å². The number of thioether (sulfide) groups is 2. The van der Waals surface area contributed by atoms with Crippen LogP contribution in [0, 0.1) is 10.8 Å². The lowest BCUT2D eigenvalue weighted by Crippen LogP contribution is -2.72. The number of Topliss-reactive ketones (excluding diaryl/α,β-unsaturated/α-hetero) is 1. The third-order valence-corrected chi connectivity index (χ3v) is 10.8. The molecule has 2 aliphatic rings. The molecule has 0 atom stereocenters. The topological polar surface area (TPSA) is 17.1 Å². The molecular weight excluding hydrogens is 344 g/mol. The summed E-state index contributed by atoms with van der Waals surface area (Å²) in [5.74, 6) is 1.39. The molecule has 2 aromatic rings. The molecule has 1 saturated heterocycles. The summed E-state index contributed by atoms with van der Waals surface area (Å²) in [5, 5.41) is 0. The van der Waals surface area contributed by atoms with Gasteiger partial charge in [0.15, 0.2) is 0 Å². The summed E-state index contributed by atoms with van der Waals surface area (Å²) in [6.45, 7) is 8.56. The summed E-state index contributed by atoms with van der Waals surface area (Å²) < 4.78 is -0.203.